The van der Waals surface area contributed by atoms with Crippen molar-refractivity contribution in [3.05, 3.63) is 59.3 Å². The van der Waals surface area contributed by atoms with E-state index in [-0.39, 0.29) is 12.3 Å². The summed E-state index contributed by atoms with van der Waals surface area (Å²) in [6.45, 7) is 7.39. The minimum absolute atomic E-state index is 0.0940. The van der Waals surface area contributed by atoms with Crippen LogP contribution in [0.5, 0.6) is 0 Å². The Labute approximate surface area is 165 Å². The van der Waals surface area contributed by atoms with Crippen molar-refractivity contribution in [2.24, 2.45) is 0 Å². The first kappa shape index (κ1) is 18.7. The average Bonchev–Trinajstić information content (AvgIpc) is 3.07. The number of piperazine rings is 1. The Morgan fingerprint density at radius 2 is 1.86 bits per heavy atom. The summed E-state index contributed by atoms with van der Waals surface area (Å²) < 4.78 is 5.31. The van der Waals surface area contributed by atoms with Gasteiger partial charge in [-0.1, -0.05) is 28.9 Å². The number of aromatic nitrogens is 1. The minimum atomic E-state index is -0.0940. The fraction of sp³-hybridized carbons (Fsp3) is 0.364. The quantitative estimate of drug-likeness (QED) is 0.739. The first-order valence-corrected chi connectivity index (χ1v) is 9.71. The predicted molar refractivity (Wildman–Crippen MR) is 110 cm³/mol. The van der Waals surface area contributed by atoms with Crippen LogP contribution >= 0.6 is 0 Å². The fourth-order valence-corrected chi connectivity index (χ4v) is 3.54. The molecule has 0 unspecified atom stereocenters. The Morgan fingerprint density at radius 1 is 1.11 bits per heavy atom. The van der Waals surface area contributed by atoms with Crippen LogP contribution < -0.4 is 5.32 Å². The molecule has 1 amide bonds. The van der Waals surface area contributed by atoms with E-state index in [2.05, 4.69) is 39.5 Å². The van der Waals surface area contributed by atoms with Gasteiger partial charge in [-0.2, -0.15) is 0 Å². The number of rotatable bonds is 5. The van der Waals surface area contributed by atoms with Gasteiger partial charge in [0.15, 0.2) is 5.58 Å². The van der Waals surface area contributed by atoms with E-state index in [0.29, 0.717) is 11.3 Å². The van der Waals surface area contributed by atoms with Crippen molar-refractivity contribution >= 4 is 22.6 Å². The number of amides is 1. The van der Waals surface area contributed by atoms with Crippen LogP contribution in [0, 0.1) is 6.92 Å². The van der Waals surface area contributed by atoms with Gasteiger partial charge in [0.25, 0.3) is 0 Å². The second kappa shape index (κ2) is 8.12. The van der Waals surface area contributed by atoms with Gasteiger partial charge in [0.2, 0.25) is 5.91 Å². The largest absolute Gasteiger partial charge is 0.356 e. The number of aryl methyl sites for hydroxylation is 1. The molecule has 146 valence electrons. The molecule has 0 bridgehead atoms. The van der Waals surface area contributed by atoms with Crippen LogP contribution in [-0.2, 0) is 17.8 Å². The van der Waals surface area contributed by atoms with E-state index in [9.17, 15) is 4.79 Å². The number of hydrogen-bond donors (Lipinski definition) is 1. The van der Waals surface area contributed by atoms with E-state index in [1.807, 2.05) is 37.3 Å². The molecule has 3 aromatic rings. The molecule has 0 spiro atoms. The van der Waals surface area contributed by atoms with E-state index in [1.54, 1.807) is 0 Å². The second-order valence-corrected chi connectivity index (χ2v) is 7.63. The van der Waals surface area contributed by atoms with Crippen molar-refractivity contribution in [3.63, 3.8) is 0 Å². The molecule has 28 heavy (non-hydrogen) atoms. The van der Waals surface area contributed by atoms with Gasteiger partial charge in [-0.15, -0.1) is 0 Å². The van der Waals surface area contributed by atoms with Crippen LogP contribution in [0.1, 0.15) is 16.8 Å². The zero-order chi connectivity index (χ0) is 19.5. The SMILES string of the molecule is Cc1ccc2onc(CC(=O)Nc3ccc(CN4CCN(C)CC4)cc3)c2c1. The lowest BCUT2D eigenvalue weighted by Crippen LogP contribution is -2.43. The molecule has 1 saturated heterocycles. The van der Waals surface area contributed by atoms with Crippen molar-refractivity contribution in [2.75, 3.05) is 38.5 Å². The van der Waals surface area contributed by atoms with Crippen LogP contribution in [-0.4, -0.2) is 54.1 Å². The fourth-order valence-electron chi connectivity index (χ4n) is 3.54. The molecule has 6 nitrogen and oxygen atoms in total. The minimum Gasteiger partial charge on any atom is -0.356 e. The highest BCUT2D eigenvalue weighted by atomic mass is 16.5. The van der Waals surface area contributed by atoms with Crippen LogP contribution in [0.15, 0.2) is 47.0 Å². The second-order valence-electron chi connectivity index (χ2n) is 7.63. The van der Waals surface area contributed by atoms with Crippen molar-refractivity contribution in [3.8, 4) is 0 Å². The van der Waals surface area contributed by atoms with E-state index in [0.717, 1.165) is 49.4 Å². The number of nitrogens with zero attached hydrogens (tertiary/aromatic N) is 3. The first-order chi connectivity index (χ1) is 13.6. The molecule has 1 aliphatic rings. The van der Waals surface area contributed by atoms with Gasteiger partial charge in [-0.3, -0.25) is 9.69 Å². The smallest absolute Gasteiger partial charge is 0.230 e. The predicted octanol–water partition coefficient (Wildman–Crippen LogP) is 3.06. The highest BCUT2D eigenvalue weighted by molar-refractivity contribution is 5.94. The highest BCUT2D eigenvalue weighted by Crippen LogP contribution is 2.21. The van der Waals surface area contributed by atoms with Gasteiger partial charge < -0.3 is 14.7 Å². The summed E-state index contributed by atoms with van der Waals surface area (Å²) >= 11 is 0. The molecule has 1 aromatic heterocycles. The molecule has 0 atom stereocenters. The van der Waals surface area contributed by atoms with Crippen LogP contribution in [0.25, 0.3) is 11.0 Å². The standard InChI is InChI=1S/C22H26N4O2/c1-16-3-8-21-19(13-16)20(24-28-21)14-22(27)23-18-6-4-17(5-7-18)15-26-11-9-25(2)10-12-26/h3-8,13H,9-12,14-15H2,1-2H3,(H,23,27). The summed E-state index contributed by atoms with van der Waals surface area (Å²) in [4.78, 5) is 17.3. The number of hydrogen-bond acceptors (Lipinski definition) is 5. The highest BCUT2D eigenvalue weighted by Gasteiger charge is 2.15. The maximum atomic E-state index is 12.4. The average molecular weight is 378 g/mol. The summed E-state index contributed by atoms with van der Waals surface area (Å²) in [5, 5.41) is 7.91. The molecule has 0 saturated carbocycles. The molecule has 6 heteroatoms. The molecule has 0 aliphatic carbocycles. The zero-order valence-electron chi connectivity index (χ0n) is 16.4. The van der Waals surface area contributed by atoms with Gasteiger partial charge in [0.05, 0.1) is 6.42 Å². The number of carbonyl (C=O) groups excluding carboxylic acids is 1. The van der Waals surface area contributed by atoms with Gasteiger partial charge in [-0.25, -0.2) is 0 Å². The van der Waals surface area contributed by atoms with Gasteiger partial charge >= 0.3 is 0 Å². The maximum Gasteiger partial charge on any atom is 0.230 e. The van der Waals surface area contributed by atoms with Crippen molar-refractivity contribution < 1.29 is 9.32 Å². The number of likely N-dealkylation sites (N-methyl/N-ethyl adjacent to an activating group) is 1. The Kier molecular flexibility index (Phi) is 5.41. The lowest BCUT2D eigenvalue weighted by Gasteiger charge is -2.32. The number of carbonyl (C=O) groups is 1. The first-order valence-electron chi connectivity index (χ1n) is 9.71. The monoisotopic (exact) mass is 378 g/mol. The molecule has 2 aromatic carbocycles. The maximum absolute atomic E-state index is 12.4. The van der Waals surface area contributed by atoms with Gasteiger partial charge in [0, 0.05) is 43.8 Å². The zero-order valence-corrected chi connectivity index (χ0v) is 16.4. The number of anilines is 1. The Balaban J connectivity index is 1.34. The summed E-state index contributed by atoms with van der Waals surface area (Å²) in [6.07, 6.45) is 0.194. The molecule has 1 aliphatic heterocycles. The number of fused-ring (bicyclic) bond motifs is 1. The van der Waals surface area contributed by atoms with E-state index in [4.69, 9.17) is 4.52 Å². The molecular formula is C22H26N4O2. The van der Waals surface area contributed by atoms with Crippen molar-refractivity contribution in [2.45, 2.75) is 19.9 Å². The lowest BCUT2D eigenvalue weighted by atomic mass is 10.1. The Morgan fingerprint density at radius 3 is 2.61 bits per heavy atom. The molecule has 2 heterocycles. The van der Waals surface area contributed by atoms with Gasteiger partial charge in [-0.05, 0) is 43.8 Å². The van der Waals surface area contributed by atoms with Crippen molar-refractivity contribution in [1.82, 2.24) is 15.0 Å². The Hall–Kier alpha value is -2.70. The lowest BCUT2D eigenvalue weighted by molar-refractivity contribution is -0.115. The number of benzene rings is 2. The van der Waals surface area contributed by atoms with Crippen LogP contribution in [0.3, 0.4) is 0 Å². The molecule has 0 radical (unpaired) electrons. The third-order valence-electron chi connectivity index (χ3n) is 5.27. The van der Waals surface area contributed by atoms with E-state index in [1.165, 1.54) is 5.56 Å². The third-order valence-corrected chi connectivity index (χ3v) is 5.27. The van der Waals surface area contributed by atoms with Crippen LogP contribution in [0.2, 0.25) is 0 Å². The van der Waals surface area contributed by atoms with Crippen LogP contribution in [0.4, 0.5) is 5.69 Å². The van der Waals surface area contributed by atoms with Crippen molar-refractivity contribution in [1.29, 1.82) is 0 Å². The van der Waals surface area contributed by atoms with E-state index >= 15 is 0 Å². The summed E-state index contributed by atoms with van der Waals surface area (Å²) in [6, 6.07) is 14.0. The normalized spacial score (nSPS) is 15.8. The van der Waals surface area contributed by atoms with E-state index < -0.39 is 0 Å². The number of nitrogens with one attached hydrogen (secondary N) is 1. The molecule has 4 rings (SSSR count). The molecular weight excluding hydrogens is 352 g/mol. The summed E-state index contributed by atoms with van der Waals surface area (Å²) in [7, 11) is 2.16. The molecule has 1 N–H and O–H groups in total. The molecule has 1 fully saturated rings. The summed E-state index contributed by atoms with van der Waals surface area (Å²) in [5.74, 6) is -0.0940. The van der Waals surface area contributed by atoms with Gasteiger partial charge in [0.1, 0.15) is 5.69 Å². The third kappa shape index (κ3) is 4.40. The Bertz CT molecular complexity index is 956. The summed E-state index contributed by atoms with van der Waals surface area (Å²) in [5.41, 5.74) is 4.56. The topological polar surface area (TPSA) is 61.6 Å².